The molecule has 6 aromatic rings. The number of aromatic nitrogens is 6. The Bertz CT molecular complexity index is 1910. The van der Waals surface area contributed by atoms with Crippen LogP contribution in [0.1, 0.15) is 43.8 Å². The fourth-order valence-corrected chi connectivity index (χ4v) is 5.56. The number of amides is 1. The maximum atomic E-state index is 12.5. The average Bonchev–Trinajstić information content (AvgIpc) is 3.65. The molecule has 0 fully saturated rings. The second-order valence-corrected chi connectivity index (χ2v) is 12.0. The molecule has 0 saturated carbocycles. The van der Waals surface area contributed by atoms with Crippen LogP contribution in [0.2, 0.25) is 0 Å². The summed E-state index contributed by atoms with van der Waals surface area (Å²) in [5.41, 5.74) is 6.15. The number of rotatable bonds is 6. The summed E-state index contributed by atoms with van der Waals surface area (Å²) < 4.78 is 0. The standard InChI is InChI=1S/C30H27N7O2S/c1-16(38)23-7-8-24(40-23)20-9-10-32-28-26(20)34-29(35-28)27-21-12-17(5-6-22(21)36-37-27)18-11-19(15-31-14-18)33-25(39)13-30(2,3)4/h5-12,14-15H,13H2,1-4H3,(H,33,39)(H,36,37)(H,32,34,35). The van der Waals surface area contributed by atoms with E-state index in [0.29, 0.717) is 34.2 Å². The Hall–Kier alpha value is -4.70. The molecule has 0 spiro atoms. The van der Waals surface area contributed by atoms with E-state index in [0.717, 1.165) is 38.0 Å². The lowest BCUT2D eigenvalue weighted by atomic mass is 9.92. The SMILES string of the molecule is CC(=O)c1ccc(-c2ccnc3nc(-c4n[nH]c5ccc(-c6cncc(NC(=O)CC(C)(C)C)c6)cc45)[nH]c23)s1. The van der Waals surface area contributed by atoms with Crippen LogP contribution in [0.5, 0.6) is 0 Å². The minimum atomic E-state index is -0.105. The number of nitrogens with one attached hydrogen (secondary N) is 3. The third-order valence-electron chi connectivity index (χ3n) is 6.44. The summed E-state index contributed by atoms with van der Waals surface area (Å²) in [5, 5.41) is 11.5. The Morgan fingerprint density at radius 1 is 1.02 bits per heavy atom. The number of hydrogen-bond donors (Lipinski definition) is 3. The summed E-state index contributed by atoms with van der Waals surface area (Å²) >= 11 is 1.45. The molecule has 3 N–H and O–H groups in total. The number of H-pyrrole nitrogens is 2. The molecule has 40 heavy (non-hydrogen) atoms. The molecule has 5 aromatic heterocycles. The smallest absolute Gasteiger partial charge is 0.224 e. The summed E-state index contributed by atoms with van der Waals surface area (Å²) in [6.07, 6.45) is 5.56. The highest BCUT2D eigenvalue weighted by molar-refractivity contribution is 7.17. The fraction of sp³-hybridized carbons (Fsp3) is 0.200. The second kappa shape index (κ2) is 9.80. The van der Waals surface area contributed by atoms with Crippen LogP contribution < -0.4 is 5.32 Å². The number of carbonyl (C=O) groups excluding carboxylic acids is 2. The zero-order valence-electron chi connectivity index (χ0n) is 22.5. The molecule has 1 aromatic carbocycles. The molecule has 1 amide bonds. The minimum Gasteiger partial charge on any atom is -0.335 e. The molecule has 0 aliphatic heterocycles. The maximum Gasteiger partial charge on any atom is 0.224 e. The van der Waals surface area contributed by atoms with Crippen molar-refractivity contribution in [2.45, 2.75) is 34.1 Å². The van der Waals surface area contributed by atoms with Crippen molar-refractivity contribution >= 4 is 50.8 Å². The van der Waals surface area contributed by atoms with E-state index in [2.05, 4.69) is 30.5 Å². The summed E-state index contributed by atoms with van der Waals surface area (Å²) in [6, 6.07) is 13.6. The number of ketones is 1. The van der Waals surface area contributed by atoms with E-state index in [4.69, 9.17) is 4.98 Å². The van der Waals surface area contributed by atoms with E-state index in [9.17, 15) is 9.59 Å². The number of pyridine rings is 2. The van der Waals surface area contributed by atoms with Crippen molar-refractivity contribution < 1.29 is 9.59 Å². The summed E-state index contributed by atoms with van der Waals surface area (Å²) in [6.45, 7) is 7.66. The lowest BCUT2D eigenvalue weighted by Gasteiger charge is -2.17. The van der Waals surface area contributed by atoms with Gasteiger partial charge in [-0.2, -0.15) is 5.10 Å². The van der Waals surface area contributed by atoms with Gasteiger partial charge in [0.1, 0.15) is 5.69 Å². The first-order valence-corrected chi connectivity index (χ1v) is 13.7. The van der Waals surface area contributed by atoms with Crippen molar-refractivity contribution in [3.05, 3.63) is 65.9 Å². The molecule has 9 nitrogen and oxygen atoms in total. The van der Waals surface area contributed by atoms with Crippen LogP contribution in [0.3, 0.4) is 0 Å². The van der Waals surface area contributed by atoms with Crippen LogP contribution in [0.4, 0.5) is 5.69 Å². The van der Waals surface area contributed by atoms with Gasteiger partial charge in [0.05, 0.1) is 27.8 Å². The molecule has 6 rings (SSSR count). The Morgan fingerprint density at radius 3 is 2.65 bits per heavy atom. The van der Waals surface area contributed by atoms with Gasteiger partial charge in [0.2, 0.25) is 5.91 Å². The molecular formula is C30H27N7O2S. The van der Waals surface area contributed by atoms with Gasteiger partial charge < -0.3 is 10.3 Å². The van der Waals surface area contributed by atoms with E-state index >= 15 is 0 Å². The normalized spacial score (nSPS) is 11.8. The lowest BCUT2D eigenvalue weighted by Crippen LogP contribution is -2.19. The van der Waals surface area contributed by atoms with Crippen LogP contribution in [-0.4, -0.2) is 41.8 Å². The molecule has 0 bridgehead atoms. The van der Waals surface area contributed by atoms with Gasteiger partial charge in [0.25, 0.3) is 0 Å². The van der Waals surface area contributed by atoms with E-state index in [1.54, 1.807) is 25.5 Å². The van der Waals surface area contributed by atoms with Crippen LogP contribution in [-0.2, 0) is 4.79 Å². The van der Waals surface area contributed by atoms with Crippen LogP contribution in [0.15, 0.2) is 61.1 Å². The van der Waals surface area contributed by atoms with Crippen molar-refractivity contribution in [2.75, 3.05) is 5.32 Å². The number of imidazole rings is 1. The van der Waals surface area contributed by atoms with Gasteiger partial charge in [-0.15, -0.1) is 11.3 Å². The van der Waals surface area contributed by atoms with Crippen molar-refractivity contribution in [3.63, 3.8) is 0 Å². The van der Waals surface area contributed by atoms with E-state index in [1.807, 2.05) is 63.2 Å². The van der Waals surface area contributed by atoms with Gasteiger partial charge in [-0.25, -0.2) is 9.97 Å². The quantitative estimate of drug-likeness (QED) is 0.194. The molecule has 5 heterocycles. The minimum absolute atomic E-state index is 0.0404. The molecule has 0 radical (unpaired) electrons. The maximum absolute atomic E-state index is 12.5. The highest BCUT2D eigenvalue weighted by atomic mass is 32.1. The lowest BCUT2D eigenvalue weighted by molar-refractivity contribution is -0.117. The first kappa shape index (κ1) is 25.6. The van der Waals surface area contributed by atoms with E-state index in [1.165, 1.54) is 11.3 Å². The van der Waals surface area contributed by atoms with Crippen LogP contribution in [0.25, 0.3) is 55.2 Å². The summed E-state index contributed by atoms with van der Waals surface area (Å²) in [4.78, 5) is 42.9. The average molecular weight is 550 g/mol. The zero-order valence-corrected chi connectivity index (χ0v) is 23.3. The third kappa shape index (κ3) is 5.01. The van der Waals surface area contributed by atoms with Gasteiger partial charge in [0, 0.05) is 40.2 Å². The number of benzene rings is 1. The largest absolute Gasteiger partial charge is 0.335 e. The molecule has 0 atom stereocenters. The Morgan fingerprint density at radius 2 is 1.88 bits per heavy atom. The van der Waals surface area contributed by atoms with Crippen molar-refractivity contribution in [1.29, 1.82) is 0 Å². The zero-order chi connectivity index (χ0) is 28.0. The van der Waals surface area contributed by atoms with Gasteiger partial charge in [-0.1, -0.05) is 26.8 Å². The predicted octanol–water partition coefficient (Wildman–Crippen LogP) is 6.87. The van der Waals surface area contributed by atoms with Gasteiger partial charge >= 0.3 is 0 Å². The number of hydrogen-bond acceptors (Lipinski definition) is 7. The Labute approximate surface area is 234 Å². The topological polar surface area (TPSA) is 129 Å². The van der Waals surface area contributed by atoms with Gasteiger partial charge in [0.15, 0.2) is 17.3 Å². The van der Waals surface area contributed by atoms with E-state index < -0.39 is 0 Å². The van der Waals surface area contributed by atoms with Crippen molar-refractivity contribution in [3.8, 4) is 33.1 Å². The molecular weight excluding hydrogens is 522 g/mol. The highest BCUT2D eigenvalue weighted by Crippen LogP contribution is 2.35. The van der Waals surface area contributed by atoms with Gasteiger partial charge in [-0.3, -0.25) is 19.7 Å². The monoisotopic (exact) mass is 549 g/mol. The van der Waals surface area contributed by atoms with E-state index in [-0.39, 0.29) is 17.1 Å². The number of carbonyl (C=O) groups is 2. The third-order valence-corrected chi connectivity index (χ3v) is 7.66. The second-order valence-electron chi connectivity index (χ2n) is 10.9. The number of anilines is 1. The number of aromatic amines is 2. The van der Waals surface area contributed by atoms with Crippen LogP contribution in [0, 0.1) is 5.41 Å². The predicted molar refractivity (Wildman–Crippen MR) is 158 cm³/mol. The van der Waals surface area contributed by atoms with Gasteiger partial charge in [-0.05, 0) is 54.3 Å². The summed E-state index contributed by atoms with van der Waals surface area (Å²) in [7, 11) is 0. The number of nitrogens with zero attached hydrogens (tertiary/aromatic N) is 4. The Balaban J connectivity index is 1.36. The van der Waals surface area contributed by atoms with Crippen molar-refractivity contribution in [2.24, 2.45) is 5.41 Å². The number of fused-ring (bicyclic) bond motifs is 2. The molecule has 0 unspecified atom stereocenters. The van der Waals surface area contributed by atoms with Crippen LogP contribution >= 0.6 is 11.3 Å². The molecule has 200 valence electrons. The molecule has 0 saturated heterocycles. The molecule has 10 heteroatoms. The first-order chi connectivity index (χ1) is 19.1. The fourth-order valence-electron chi connectivity index (χ4n) is 4.63. The summed E-state index contributed by atoms with van der Waals surface area (Å²) in [5.74, 6) is 0.582. The number of thiophene rings is 1. The first-order valence-electron chi connectivity index (χ1n) is 12.8. The molecule has 0 aliphatic carbocycles. The number of Topliss-reactive ketones (excluding diaryl/α,β-unsaturated/α-hetero) is 1. The van der Waals surface area contributed by atoms with Crippen molar-refractivity contribution in [1.82, 2.24) is 30.1 Å². The molecule has 0 aliphatic rings. The Kier molecular flexibility index (Phi) is 6.26. The highest BCUT2D eigenvalue weighted by Gasteiger charge is 2.19.